The Morgan fingerprint density at radius 3 is 2.24 bits per heavy atom. The smallest absolute Gasteiger partial charge is 0.340 e. The molecule has 1 aliphatic carbocycles. The molecular formula is C29H38ClFO3. The van der Waals surface area contributed by atoms with Gasteiger partial charge >= 0.3 is 5.97 Å². The molecule has 2 aromatic rings. The Morgan fingerprint density at radius 2 is 1.65 bits per heavy atom. The third kappa shape index (κ3) is 8.61. The first-order chi connectivity index (χ1) is 16.4. The predicted octanol–water partition coefficient (Wildman–Crippen LogP) is 7.92. The van der Waals surface area contributed by atoms with E-state index in [1.54, 1.807) is 0 Å². The van der Waals surface area contributed by atoms with E-state index in [2.05, 4.69) is 36.4 Å². The summed E-state index contributed by atoms with van der Waals surface area (Å²) in [6, 6.07) is 16.9. The number of esters is 1. The number of carbonyl (C=O) groups excluding carboxylic acids is 1. The maximum absolute atomic E-state index is 13.9. The van der Waals surface area contributed by atoms with Crippen LogP contribution in [0.5, 0.6) is 5.75 Å². The minimum atomic E-state index is -1.47. The highest BCUT2D eigenvalue weighted by atomic mass is 35.5. The van der Waals surface area contributed by atoms with Crippen LogP contribution in [0.3, 0.4) is 0 Å². The zero-order valence-corrected chi connectivity index (χ0v) is 21.2. The number of alkyl halides is 2. The number of aryl methyl sites for hydroxylation is 1. The van der Waals surface area contributed by atoms with E-state index in [0.29, 0.717) is 12.5 Å². The van der Waals surface area contributed by atoms with Crippen molar-refractivity contribution in [3.63, 3.8) is 0 Å². The quantitative estimate of drug-likeness (QED) is 0.225. The van der Waals surface area contributed by atoms with E-state index in [9.17, 15) is 9.18 Å². The van der Waals surface area contributed by atoms with Gasteiger partial charge in [-0.1, -0.05) is 56.2 Å². The van der Waals surface area contributed by atoms with Crippen molar-refractivity contribution in [1.82, 2.24) is 0 Å². The number of benzene rings is 2. The van der Waals surface area contributed by atoms with E-state index in [1.807, 2.05) is 26.0 Å². The molecular weight excluding hydrogens is 451 g/mol. The SMILES string of the molecule is CCCC[C@H](F)C(=O)O[C@H]1CC[C@H](CCc2ccc(-c3ccc(OC[C@H](C)Cl)cc3)cc2)CC1. The van der Waals surface area contributed by atoms with Crippen molar-refractivity contribution in [3.05, 3.63) is 54.1 Å². The predicted molar refractivity (Wildman–Crippen MR) is 137 cm³/mol. The van der Waals surface area contributed by atoms with E-state index in [0.717, 1.165) is 62.7 Å². The van der Waals surface area contributed by atoms with Crippen molar-refractivity contribution in [2.24, 2.45) is 5.92 Å². The first-order valence-corrected chi connectivity index (χ1v) is 13.2. The van der Waals surface area contributed by atoms with Crippen LogP contribution in [0.4, 0.5) is 4.39 Å². The third-order valence-corrected chi connectivity index (χ3v) is 6.73. The normalized spacial score (nSPS) is 19.9. The van der Waals surface area contributed by atoms with E-state index in [-0.39, 0.29) is 17.9 Å². The number of carbonyl (C=O) groups is 1. The number of hydrogen-bond acceptors (Lipinski definition) is 3. The molecule has 3 nitrogen and oxygen atoms in total. The molecule has 0 N–H and O–H groups in total. The van der Waals surface area contributed by atoms with Gasteiger partial charge in [-0.05, 0) is 86.6 Å². The van der Waals surface area contributed by atoms with Gasteiger partial charge in [0.25, 0.3) is 0 Å². The molecule has 2 atom stereocenters. The summed E-state index contributed by atoms with van der Waals surface area (Å²) in [5.41, 5.74) is 3.69. The van der Waals surface area contributed by atoms with Gasteiger partial charge in [-0.3, -0.25) is 0 Å². The van der Waals surface area contributed by atoms with Gasteiger partial charge in [0.15, 0.2) is 6.17 Å². The number of unbranched alkanes of at least 4 members (excludes halogenated alkanes) is 1. The van der Waals surface area contributed by atoms with Gasteiger partial charge in [-0.15, -0.1) is 11.6 Å². The molecule has 0 radical (unpaired) electrons. The molecule has 0 aliphatic heterocycles. The van der Waals surface area contributed by atoms with Crippen LogP contribution in [0.1, 0.15) is 70.8 Å². The van der Waals surface area contributed by atoms with Crippen LogP contribution in [0.25, 0.3) is 11.1 Å². The Labute approximate surface area is 209 Å². The highest BCUT2D eigenvalue weighted by Gasteiger charge is 2.27. The topological polar surface area (TPSA) is 35.5 Å². The molecule has 186 valence electrons. The maximum Gasteiger partial charge on any atom is 0.340 e. The van der Waals surface area contributed by atoms with Gasteiger partial charge in [-0.25, -0.2) is 9.18 Å². The Kier molecular flexibility index (Phi) is 10.7. The molecule has 0 unspecified atom stereocenters. The standard InChI is InChI=1S/C29H38ClFO3/c1-3-4-5-28(31)29(32)34-27-16-10-23(11-17-27)7-6-22-8-12-24(13-9-22)25-14-18-26(19-15-25)33-20-21(2)30/h8-9,12-15,18-19,21,23,27-28H,3-7,10-11,16-17,20H2,1-2H3/t21-,23-,27-,28-/m0/s1. The fourth-order valence-corrected chi connectivity index (χ4v) is 4.53. The molecule has 0 aromatic heterocycles. The van der Waals surface area contributed by atoms with E-state index in [4.69, 9.17) is 21.1 Å². The summed E-state index contributed by atoms with van der Waals surface area (Å²) in [6.45, 7) is 4.41. The molecule has 34 heavy (non-hydrogen) atoms. The van der Waals surface area contributed by atoms with Crippen LogP contribution in [0.2, 0.25) is 0 Å². The molecule has 0 spiro atoms. The average Bonchev–Trinajstić information content (AvgIpc) is 2.86. The molecule has 0 heterocycles. The minimum absolute atomic E-state index is 0.00997. The zero-order valence-electron chi connectivity index (χ0n) is 20.5. The van der Waals surface area contributed by atoms with Gasteiger partial charge in [0.05, 0.1) is 5.38 Å². The molecule has 0 bridgehead atoms. The summed E-state index contributed by atoms with van der Waals surface area (Å²) in [4.78, 5) is 11.9. The first kappa shape index (κ1) is 26.5. The van der Waals surface area contributed by atoms with Gasteiger partial charge in [0, 0.05) is 0 Å². The Hall–Kier alpha value is -2.07. The van der Waals surface area contributed by atoms with Crippen molar-refractivity contribution < 1.29 is 18.7 Å². The summed E-state index contributed by atoms with van der Waals surface area (Å²) >= 11 is 5.94. The number of ether oxygens (including phenoxy) is 2. The summed E-state index contributed by atoms with van der Waals surface area (Å²) in [7, 11) is 0. The van der Waals surface area contributed by atoms with Gasteiger partial charge in [-0.2, -0.15) is 0 Å². The summed E-state index contributed by atoms with van der Waals surface area (Å²) < 4.78 is 24.9. The molecule has 1 fully saturated rings. The third-order valence-electron chi connectivity index (χ3n) is 6.61. The lowest BCUT2D eigenvalue weighted by Gasteiger charge is -2.28. The van der Waals surface area contributed by atoms with Crippen molar-refractivity contribution in [3.8, 4) is 16.9 Å². The van der Waals surface area contributed by atoms with E-state index in [1.165, 1.54) is 11.1 Å². The van der Waals surface area contributed by atoms with Gasteiger partial charge in [0.1, 0.15) is 18.5 Å². The lowest BCUT2D eigenvalue weighted by atomic mass is 9.83. The van der Waals surface area contributed by atoms with Gasteiger partial charge in [0.2, 0.25) is 0 Å². The van der Waals surface area contributed by atoms with Crippen molar-refractivity contribution >= 4 is 17.6 Å². The van der Waals surface area contributed by atoms with Crippen molar-refractivity contribution in [1.29, 1.82) is 0 Å². The van der Waals surface area contributed by atoms with Gasteiger partial charge < -0.3 is 9.47 Å². The van der Waals surface area contributed by atoms with Crippen LogP contribution >= 0.6 is 11.6 Å². The Morgan fingerprint density at radius 1 is 1.03 bits per heavy atom. The van der Waals surface area contributed by atoms with Crippen LogP contribution in [0, 0.1) is 5.92 Å². The zero-order chi connectivity index (χ0) is 24.3. The second-order valence-corrected chi connectivity index (χ2v) is 10.3. The molecule has 1 saturated carbocycles. The Balaban J connectivity index is 1.39. The molecule has 0 saturated heterocycles. The minimum Gasteiger partial charge on any atom is -0.492 e. The monoisotopic (exact) mass is 488 g/mol. The molecule has 0 amide bonds. The first-order valence-electron chi connectivity index (χ1n) is 12.8. The summed E-state index contributed by atoms with van der Waals surface area (Å²) in [6.07, 6.45) is 6.26. The highest BCUT2D eigenvalue weighted by molar-refractivity contribution is 6.20. The van der Waals surface area contributed by atoms with Crippen LogP contribution in [-0.4, -0.2) is 30.2 Å². The highest BCUT2D eigenvalue weighted by Crippen LogP contribution is 2.30. The molecule has 2 aromatic carbocycles. The van der Waals surface area contributed by atoms with Crippen molar-refractivity contribution in [2.45, 2.75) is 89.3 Å². The van der Waals surface area contributed by atoms with Crippen LogP contribution in [-0.2, 0) is 16.0 Å². The second kappa shape index (κ2) is 13.7. The fourth-order valence-electron chi connectivity index (χ4n) is 4.47. The van der Waals surface area contributed by atoms with Crippen molar-refractivity contribution in [2.75, 3.05) is 6.61 Å². The largest absolute Gasteiger partial charge is 0.492 e. The maximum atomic E-state index is 13.9. The number of rotatable bonds is 12. The van der Waals surface area contributed by atoms with Crippen LogP contribution < -0.4 is 4.74 Å². The fraction of sp³-hybridized carbons (Fsp3) is 0.552. The summed E-state index contributed by atoms with van der Waals surface area (Å²) in [5.74, 6) is 0.807. The lowest BCUT2D eigenvalue weighted by Crippen LogP contribution is -2.29. The number of hydrogen-bond donors (Lipinski definition) is 0. The molecule has 3 rings (SSSR count). The second-order valence-electron chi connectivity index (χ2n) is 9.54. The lowest BCUT2D eigenvalue weighted by molar-refractivity contribution is -0.157. The molecule has 1 aliphatic rings. The average molecular weight is 489 g/mol. The van der Waals surface area contributed by atoms with E-state index >= 15 is 0 Å². The molecule has 5 heteroatoms. The Bertz CT molecular complexity index is 858. The van der Waals surface area contributed by atoms with Crippen LogP contribution in [0.15, 0.2) is 48.5 Å². The number of halogens is 2. The summed E-state index contributed by atoms with van der Waals surface area (Å²) in [5, 5.41) is -0.00997. The van der Waals surface area contributed by atoms with E-state index < -0.39 is 12.1 Å².